The van der Waals surface area contributed by atoms with Gasteiger partial charge in [0.25, 0.3) is 0 Å². The van der Waals surface area contributed by atoms with Gasteiger partial charge in [0.2, 0.25) is 5.91 Å². The summed E-state index contributed by atoms with van der Waals surface area (Å²) in [5.74, 6) is -0.479. The van der Waals surface area contributed by atoms with Crippen molar-refractivity contribution in [3.8, 4) is 5.69 Å². The Labute approximate surface area is 117 Å². The van der Waals surface area contributed by atoms with Crippen LogP contribution in [0, 0.1) is 0 Å². The lowest BCUT2D eigenvalue weighted by molar-refractivity contribution is -0.137. The zero-order valence-corrected chi connectivity index (χ0v) is 11.2. The van der Waals surface area contributed by atoms with Crippen LogP contribution in [0.25, 0.3) is 5.69 Å². The number of anilines is 1. The van der Waals surface area contributed by atoms with E-state index in [2.05, 4.69) is 5.32 Å². The van der Waals surface area contributed by atoms with Gasteiger partial charge >= 0.3 is 11.9 Å². The second-order valence-electron chi connectivity index (χ2n) is 4.47. The van der Waals surface area contributed by atoms with E-state index >= 15 is 0 Å². The number of hydrogen-bond acceptors (Lipinski definition) is 2. The summed E-state index contributed by atoms with van der Waals surface area (Å²) in [6.45, 7) is 1.20. The number of benzene rings is 1. The number of aryl methyl sites for hydroxylation is 1. The number of halogens is 3. The summed E-state index contributed by atoms with van der Waals surface area (Å²) < 4.78 is 41.5. The van der Waals surface area contributed by atoms with E-state index in [0.29, 0.717) is 0 Å². The highest BCUT2D eigenvalue weighted by atomic mass is 19.4. The molecular weight excluding hydrogens is 287 g/mol. The van der Waals surface area contributed by atoms with Crippen LogP contribution in [0.5, 0.6) is 0 Å². The highest BCUT2D eigenvalue weighted by Crippen LogP contribution is 2.35. The predicted molar refractivity (Wildman–Crippen MR) is 70.3 cm³/mol. The number of nitrogens with zero attached hydrogens (tertiary/aromatic N) is 2. The van der Waals surface area contributed by atoms with E-state index < -0.39 is 23.3 Å². The molecule has 0 atom stereocenters. The minimum Gasteiger partial charge on any atom is -0.326 e. The molecule has 0 unspecified atom stereocenters. The fourth-order valence-corrected chi connectivity index (χ4v) is 1.90. The molecule has 112 valence electrons. The average Bonchev–Trinajstić information content (AvgIpc) is 2.68. The average molecular weight is 299 g/mol. The molecule has 1 aromatic carbocycles. The molecule has 0 aliphatic carbocycles. The van der Waals surface area contributed by atoms with Crippen molar-refractivity contribution in [2.75, 3.05) is 5.32 Å². The molecule has 0 radical (unpaired) electrons. The van der Waals surface area contributed by atoms with Crippen LogP contribution in [-0.2, 0) is 18.0 Å². The molecule has 0 spiro atoms. The molecular formula is C13H12F3N3O2. The van der Waals surface area contributed by atoms with Crippen molar-refractivity contribution in [1.82, 2.24) is 9.13 Å². The highest BCUT2D eigenvalue weighted by Gasteiger charge is 2.34. The Morgan fingerprint density at radius 1 is 1.24 bits per heavy atom. The van der Waals surface area contributed by atoms with E-state index in [4.69, 9.17) is 0 Å². The summed E-state index contributed by atoms with van der Waals surface area (Å²) in [6.07, 6.45) is -2.03. The molecule has 0 aliphatic rings. The van der Waals surface area contributed by atoms with Crippen LogP contribution < -0.4 is 11.0 Å². The van der Waals surface area contributed by atoms with Gasteiger partial charge in [0.15, 0.2) is 0 Å². The normalized spacial score (nSPS) is 11.5. The van der Waals surface area contributed by atoms with Crippen molar-refractivity contribution < 1.29 is 18.0 Å². The van der Waals surface area contributed by atoms with Crippen molar-refractivity contribution in [1.29, 1.82) is 0 Å². The lowest BCUT2D eigenvalue weighted by Crippen LogP contribution is -2.23. The van der Waals surface area contributed by atoms with Crippen LogP contribution in [0.3, 0.4) is 0 Å². The SMILES string of the molecule is CC(=O)Nc1ccc(-n2ccn(C)c2=O)c(C(F)(F)F)c1. The van der Waals surface area contributed by atoms with E-state index in [-0.39, 0.29) is 11.4 Å². The first-order valence-electron chi connectivity index (χ1n) is 5.93. The topological polar surface area (TPSA) is 56.0 Å². The molecule has 0 aliphatic heterocycles. The lowest BCUT2D eigenvalue weighted by Gasteiger charge is -2.14. The van der Waals surface area contributed by atoms with Gasteiger partial charge in [-0.2, -0.15) is 13.2 Å². The van der Waals surface area contributed by atoms with Gasteiger partial charge in [0.05, 0.1) is 11.3 Å². The maximum atomic E-state index is 13.2. The Hall–Kier alpha value is -2.51. The Balaban J connectivity index is 2.63. The third-order valence-electron chi connectivity index (χ3n) is 2.83. The molecule has 1 aromatic heterocycles. The first-order valence-corrected chi connectivity index (χ1v) is 5.93. The summed E-state index contributed by atoms with van der Waals surface area (Å²) in [7, 11) is 1.44. The second-order valence-corrected chi connectivity index (χ2v) is 4.47. The minimum absolute atomic E-state index is 0.0163. The Morgan fingerprint density at radius 3 is 2.38 bits per heavy atom. The van der Waals surface area contributed by atoms with Gasteiger partial charge in [0.1, 0.15) is 0 Å². The second kappa shape index (κ2) is 5.12. The fourth-order valence-electron chi connectivity index (χ4n) is 1.90. The largest absolute Gasteiger partial charge is 0.418 e. The quantitative estimate of drug-likeness (QED) is 0.924. The molecule has 2 rings (SSSR count). The zero-order chi connectivity index (χ0) is 15.8. The number of carbonyl (C=O) groups is 1. The van der Waals surface area contributed by atoms with Gasteiger partial charge in [-0.05, 0) is 18.2 Å². The summed E-state index contributed by atoms with van der Waals surface area (Å²) in [6, 6.07) is 3.26. The van der Waals surface area contributed by atoms with Gasteiger partial charge in [-0.25, -0.2) is 4.79 Å². The van der Waals surface area contributed by atoms with Crippen LogP contribution in [-0.4, -0.2) is 15.0 Å². The van der Waals surface area contributed by atoms with Gasteiger partial charge in [-0.15, -0.1) is 0 Å². The number of nitrogens with one attached hydrogen (secondary N) is 1. The standard InChI is InChI=1S/C13H12F3N3O2/c1-8(20)17-9-3-4-11(10(7-9)13(14,15)16)19-6-5-18(2)12(19)21/h3-7H,1-2H3,(H,17,20). The van der Waals surface area contributed by atoms with Crippen molar-refractivity contribution in [2.24, 2.45) is 7.05 Å². The molecule has 21 heavy (non-hydrogen) atoms. The first kappa shape index (κ1) is 14.9. The Morgan fingerprint density at radius 2 is 1.90 bits per heavy atom. The van der Waals surface area contributed by atoms with Gasteiger partial charge in [0, 0.05) is 32.1 Å². The van der Waals surface area contributed by atoms with Crippen LogP contribution in [0.15, 0.2) is 35.4 Å². The van der Waals surface area contributed by atoms with Crippen molar-refractivity contribution in [3.05, 3.63) is 46.6 Å². The van der Waals surface area contributed by atoms with E-state index in [9.17, 15) is 22.8 Å². The number of alkyl halides is 3. The van der Waals surface area contributed by atoms with Crippen LogP contribution in [0.4, 0.5) is 18.9 Å². The number of amides is 1. The molecule has 0 saturated carbocycles. The van der Waals surface area contributed by atoms with Crippen LogP contribution in [0.2, 0.25) is 0 Å². The van der Waals surface area contributed by atoms with Crippen LogP contribution >= 0.6 is 0 Å². The molecule has 1 N–H and O–H groups in total. The molecule has 0 fully saturated rings. The molecule has 1 heterocycles. The maximum absolute atomic E-state index is 13.2. The molecule has 8 heteroatoms. The smallest absolute Gasteiger partial charge is 0.326 e. The monoisotopic (exact) mass is 299 g/mol. The predicted octanol–water partition coefficient (Wildman–Crippen LogP) is 2.15. The summed E-state index contributed by atoms with van der Waals surface area (Å²) in [5.41, 5.74) is -1.86. The maximum Gasteiger partial charge on any atom is 0.418 e. The van der Waals surface area contributed by atoms with Crippen molar-refractivity contribution in [2.45, 2.75) is 13.1 Å². The fraction of sp³-hybridized carbons (Fsp3) is 0.231. The number of rotatable bonds is 2. The number of hydrogen-bond donors (Lipinski definition) is 1. The Kier molecular flexibility index (Phi) is 3.63. The number of imidazole rings is 1. The van der Waals surface area contributed by atoms with Crippen LogP contribution in [0.1, 0.15) is 12.5 Å². The lowest BCUT2D eigenvalue weighted by atomic mass is 10.1. The first-order chi connectivity index (χ1) is 9.70. The molecule has 5 nitrogen and oxygen atoms in total. The third-order valence-corrected chi connectivity index (χ3v) is 2.83. The third kappa shape index (κ3) is 2.99. The van der Waals surface area contributed by atoms with Gasteiger partial charge < -0.3 is 9.88 Å². The van der Waals surface area contributed by atoms with Crippen molar-refractivity contribution in [3.63, 3.8) is 0 Å². The summed E-state index contributed by atoms with van der Waals surface area (Å²) >= 11 is 0. The van der Waals surface area contributed by atoms with Gasteiger partial charge in [-0.1, -0.05) is 0 Å². The number of aromatic nitrogens is 2. The minimum atomic E-state index is -4.65. The van der Waals surface area contributed by atoms with E-state index in [0.717, 1.165) is 16.7 Å². The van der Waals surface area contributed by atoms with E-state index in [1.165, 1.54) is 37.0 Å². The van der Waals surface area contributed by atoms with E-state index in [1.54, 1.807) is 0 Å². The highest BCUT2D eigenvalue weighted by molar-refractivity contribution is 5.89. The van der Waals surface area contributed by atoms with Crippen molar-refractivity contribution >= 4 is 11.6 Å². The number of carbonyl (C=O) groups excluding carboxylic acids is 1. The van der Waals surface area contributed by atoms with E-state index in [1.807, 2.05) is 0 Å². The molecule has 0 bridgehead atoms. The van der Waals surface area contributed by atoms with Gasteiger partial charge in [-0.3, -0.25) is 9.36 Å². The summed E-state index contributed by atoms with van der Waals surface area (Å²) in [4.78, 5) is 22.7. The molecule has 2 aromatic rings. The molecule has 0 saturated heterocycles. The summed E-state index contributed by atoms with van der Waals surface area (Å²) in [5, 5.41) is 2.28. The molecule has 1 amide bonds. The Bertz CT molecular complexity index is 744. The zero-order valence-electron chi connectivity index (χ0n) is 11.2.